The standard InChI is InChI=1S/C9H16O5/c1-3-14-6-4-5-7(8(10)11)9(12)13-2/h7H,3-6H2,1-2H3,(H,10,11). The number of esters is 1. The number of rotatable bonds is 7. The third kappa shape index (κ3) is 4.81. The Morgan fingerprint density at radius 2 is 2.07 bits per heavy atom. The van der Waals surface area contributed by atoms with E-state index in [4.69, 9.17) is 9.84 Å². The summed E-state index contributed by atoms with van der Waals surface area (Å²) in [5.74, 6) is -2.91. The van der Waals surface area contributed by atoms with Gasteiger partial charge in [-0.3, -0.25) is 9.59 Å². The van der Waals surface area contributed by atoms with Crippen LogP contribution in [0.1, 0.15) is 19.8 Å². The molecule has 1 unspecified atom stereocenters. The molecule has 0 saturated carbocycles. The van der Waals surface area contributed by atoms with Crippen LogP contribution in [0.5, 0.6) is 0 Å². The molecule has 0 aliphatic carbocycles. The van der Waals surface area contributed by atoms with E-state index in [1.807, 2.05) is 6.92 Å². The molecule has 0 saturated heterocycles. The van der Waals surface area contributed by atoms with E-state index in [1.165, 1.54) is 7.11 Å². The van der Waals surface area contributed by atoms with Gasteiger partial charge in [-0.05, 0) is 19.8 Å². The molecule has 0 amide bonds. The van der Waals surface area contributed by atoms with E-state index in [1.54, 1.807) is 0 Å². The summed E-state index contributed by atoms with van der Waals surface area (Å²) >= 11 is 0. The summed E-state index contributed by atoms with van der Waals surface area (Å²) in [6.45, 7) is 2.92. The topological polar surface area (TPSA) is 72.8 Å². The molecule has 5 heteroatoms. The first-order valence-electron chi connectivity index (χ1n) is 4.51. The van der Waals surface area contributed by atoms with Gasteiger partial charge in [0.25, 0.3) is 0 Å². The average Bonchev–Trinajstić information content (AvgIpc) is 2.16. The van der Waals surface area contributed by atoms with Gasteiger partial charge in [-0.15, -0.1) is 0 Å². The lowest BCUT2D eigenvalue weighted by Crippen LogP contribution is -2.25. The minimum absolute atomic E-state index is 0.252. The van der Waals surface area contributed by atoms with Crippen molar-refractivity contribution in [2.45, 2.75) is 19.8 Å². The highest BCUT2D eigenvalue weighted by atomic mass is 16.5. The molecule has 14 heavy (non-hydrogen) atoms. The first-order valence-corrected chi connectivity index (χ1v) is 4.51. The monoisotopic (exact) mass is 204 g/mol. The summed E-state index contributed by atoms with van der Waals surface area (Å²) in [7, 11) is 1.18. The highest BCUT2D eigenvalue weighted by Gasteiger charge is 2.26. The van der Waals surface area contributed by atoms with Crippen molar-refractivity contribution in [2.24, 2.45) is 5.92 Å². The smallest absolute Gasteiger partial charge is 0.320 e. The molecule has 0 spiro atoms. The summed E-state index contributed by atoms with van der Waals surface area (Å²) in [5, 5.41) is 8.69. The SMILES string of the molecule is CCOCCCC(C(=O)O)C(=O)OC. The van der Waals surface area contributed by atoms with Crippen LogP contribution in [0.2, 0.25) is 0 Å². The maximum Gasteiger partial charge on any atom is 0.320 e. The van der Waals surface area contributed by atoms with Crippen molar-refractivity contribution in [3.63, 3.8) is 0 Å². The van der Waals surface area contributed by atoms with Gasteiger partial charge in [-0.1, -0.05) is 0 Å². The highest BCUT2D eigenvalue weighted by molar-refractivity contribution is 5.93. The molecule has 1 N–H and O–H groups in total. The zero-order chi connectivity index (χ0) is 11.0. The number of hydrogen-bond acceptors (Lipinski definition) is 4. The fourth-order valence-corrected chi connectivity index (χ4v) is 1.02. The van der Waals surface area contributed by atoms with Crippen molar-refractivity contribution < 1.29 is 24.2 Å². The zero-order valence-corrected chi connectivity index (χ0v) is 8.49. The maximum atomic E-state index is 11.0. The first-order chi connectivity index (χ1) is 6.63. The number of carbonyl (C=O) groups excluding carboxylic acids is 1. The molecule has 0 aromatic rings. The molecular weight excluding hydrogens is 188 g/mol. The van der Waals surface area contributed by atoms with E-state index in [0.29, 0.717) is 19.6 Å². The van der Waals surface area contributed by atoms with Crippen molar-refractivity contribution in [1.29, 1.82) is 0 Å². The lowest BCUT2D eigenvalue weighted by Gasteiger charge is -2.09. The van der Waals surface area contributed by atoms with Crippen LogP contribution >= 0.6 is 0 Å². The van der Waals surface area contributed by atoms with Crippen LogP contribution in [0.15, 0.2) is 0 Å². The summed E-state index contributed by atoms with van der Waals surface area (Å²) in [6, 6.07) is 0. The fourth-order valence-electron chi connectivity index (χ4n) is 1.02. The second-order valence-corrected chi connectivity index (χ2v) is 2.75. The Morgan fingerprint density at radius 1 is 1.43 bits per heavy atom. The van der Waals surface area contributed by atoms with Gasteiger partial charge in [0.05, 0.1) is 7.11 Å². The van der Waals surface area contributed by atoms with Crippen molar-refractivity contribution >= 4 is 11.9 Å². The summed E-state index contributed by atoms with van der Waals surface area (Å²) in [5.41, 5.74) is 0. The summed E-state index contributed by atoms with van der Waals surface area (Å²) in [4.78, 5) is 21.6. The predicted octanol–water partition coefficient (Wildman–Crippen LogP) is 0.677. The summed E-state index contributed by atoms with van der Waals surface area (Å²) < 4.78 is 9.40. The van der Waals surface area contributed by atoms with E-state index >= 15 is 0 Å². The van der Waals surface area contributed by atoms with Gasteiger partial charge in [0.15, 0.2) is 5.92 Å². The fraction of sp³-hybridized carbons (Fsp3) is 0.778. The van der Waals surface area contributed by atoms with Crippen LogP contribution in [0.4, 0.5) is 0 Å². The zero-order valence-electron chi connectivity index (χ0n) is 8.49. The number of ether oxygens (including phenoxy) is 2. The molecule has 0 aromatic carbocycles. The Bertz CT molecular complexity index is 190. The Labute approximate surface area is 83.0 Å². The van der Waals surface area contributed by atoms with E-state index in [-0.39, 0.29) is 6.42 Å². The van der Waals surface area contributed by atoms with E-state index in [0.717, 1.165) is 0 Å². The molecule has 0 aliphatic rings. The first kappa shape index (κ1) is 12.9. The average molecular weight is 204 g/mol. The minimum Gasteiger partial charge on any atom is -0.481 e. The van der Waals surface area contributed by atoms with Gasteiger partial charge >= 0.3 is 11.9 Å². The molecule has 0 rings (SSSR count). The molecule has 0 radical (unpaired) electrons. The number of methoxy groups -OCH3 is 1. The lowest BCUT2D eigenvalue weighted by molar-refractivity contribution is -0.157. The minimum atomic E-state index is -1.15. The molecule has 0 fully saturated rings. The molecule has 0 bridgehead atoms. The van der Waals surface area contributed by atoms with E-state index in [9.17, 15) is 9.59 Å². The normalized spacial score (nSPS) is 12.1. The molecule has 82 valence electrons. The van der Waals surface area contributed by atoms with Crippen LogP contribution in [-0.4, -0.2) is 37.4 Å². The Hall–Kier alpha value is -1.10. The number of hydrogen-bond donors (Lipinski definition) is 1. The van der Waals surface area contributed by atoms with Gasteiger partial charge < -0.3 is 14.6 Å². The second kappa shape index (κ2) is 7.32. The quantitative estimate of drug-likeness (QED) is 0.375. The largest absolute Gasteiger partial charge is 0.481 e. The highest BCUT2D eigenvalue weighted by Crippen LogP contribution is 2.08. The van der Waals surface area contributed by atoms with E-state index < -0.39 is 17.9 Å². The number of carboxylic acid groups (broad SMARTS) is 1. The van der Waals surface area contributed by atoms with Gasteiger partial charge in [0.2, 0.25) is 0 Å². The molecule has 5 nitrogen and oxygen atoms in total. The molecule has 0 aromatic heterocycles. The van der Waals surface area contributed by atoms with Crippen molar-refractivity contribution in [3.8, 4) is 0 Å². The number of carbonyl (C=O) groups is 2. The number of carboxylic acids is 1. The van der Waals surface area contributed by atoms with Crippen LogP contribution in [0, 0.1) is 5.92 Å². The Kier molecular flexibility index (Phi) is 6.74. The maximum absolute atomic E-state index is 11.0. The Balaban J connectivity index is 3.86. The van der Waals surface area contributed by atoms with Crippen LogP contribution in [0.25, 0.3) is 0 Å². The van der Waals surface area contributed by atoms with Gasteiger partial charge in [-0.25, -0.2) is 0 Å². The van der Waals surface area contributed by atoms with Crippen LogP contribution in [0.3, 0.4) is 0 Å². The number of aliphatic carboxylic acids is 1. The lowest BCUT2D eigenvalue weighted by atomic mass is 10.0. The van der Waals surface area contributed by atoms with Crippen LogP contribution in [-0.2, 0) is 19.1 Å². The van der Waals surface area contributed by atoms with Crippen molar-refractivity contribution in [1.82, 2.24) is 0 Å². The summed E-state index contributed by atoms with van der Waals surface area (Å²) in [6.07, 6.45) is 0.794. The molecular formula is C9H16O5. The molecule has 1 atom stereocenters. The van der Waals surface area contributed by atoms with Crippen LogP contribution < -0.4 is 0 Å². The third-order valence-corrected chi connectivity index (χ3v) is 1.77. The third-order valence-electron chi connectivity index (χ3n) is 1.77. The second-order valence-electron chi connectivity index (χ2n) is 2.75. The van der Waals surface area contributed by atoms with Crippen molar-refractivity contribution in [2.75, 3.05) is 20.3 Å². The molecule has 0 aliphatic heterocycles. The van der Waals surface area contributed by atoms with E-state index in [2.05, 4.69) is 4.74 Å². The molecule has 0 heterocycles. The van der Waals surface area contributed by atoms with Gasteiger partial charge in [-0.2, -0.15) is 0 Å². The predicted molar refractivity (Wildman–Crippen MR) is 48.9 cm³/mol. The van der Waals surface area contributed by atoms with Gasteiger partial charge in [0, 0.05) is 13.2 Å². The van der Waals surface area contributed by atoms with Gasteiger partial charge in [0.1, 0.15) is 0 Å². The Morgan fingerprint density at radius 3 is 2.50 bits per heavy atom. The van der Waals surface area contributed by atoms with Crippen molar-refractivity contribution in [3.05, 3.63) is 0 Å².